The van der Waals surface area contributed by atoms with Crippen molar-refractivity contribution in [1.82, 2.24) is 14.8 Å². The molecule has 29 heavy (non-hydrogen) atoms. The molecule has 1 N–H and O–H groups in total. The molecule has 0 spiro atoms. The predicted molar refractivity (Wildman–Crippen MR) is 111 cm³/mol. The number of nitrogens with zero attached hydrogens (tertiary/aromatic N) is 4. The largest absolute Gasteiger partial charge is 0.324 e. The summed E-state index contributed by atoms with van der Waals surface area (Å²) in [4.78, 5) is 31.5. The Morgan fingerprint density at radius 3 is 2.83 bits per heavy atom. The molecule has 0 saturated carbocycles. The summed E-state index contributed by atoms with van der Waals surface area (Å²) in [5.74, 6) is -0.590. The van der Waals surface area contributed by atoms with Crippen LogP contribution in [-0.2, 0) is 11.3 Å². The number of aryl methyl sites for hydroxylation is 2. The lowest BCUT2D eigenvalue weighted by molar-refractivity contribution is -0.119. The van der Waals surface area contributed by atoms with Crippen molar-refractivity contribution in [3.63, 3.8) is 0 Å². The molecule has 0 fully saturated rings. The number of aromatic nitrogens is 3. The summed E-state index contributed by atoms with van der Waals surface area (Å²) in [7, 11) is 0. The fourth-order valence-electron chi connectivity index (χ4n) is 3.58. The highest BCUT2D eigenvalue weighted by Gasteiger charge is 2.29. The molecule has 7 nitrogen and oxygen atoms in total. The average Bonchev–Trinajstić information content (AvgIpc) is 2.95. The first kappa shape index (κ1) is 18.9. The van der Waals surface area contributed by atoms with Gasteiger partial charge in [-0.3, -0.25) is 19.3 Å². The highest BCUT2D eigenvalue weighted by molar-refractivity contribution is 6.10. The van der Waals surface area contributed by atoms with E-state index in [9.17, 15) is 9.59 Å². The topological polar surface area (TPSA) is 80.1 Å². The van der Waals surface area contributed by atoms with E-state index in [1.54, 1.807) is 29.4 Å². The van der Waals surface area contributed by atoms with E-state index in [1.165, 1.54) is 0 Å². The third kappa shape index (κ3) is 3.76. The van der Waals surface area contributed by atoms with Crippen LogP contribution >= 0.6 is 0 Å². The third-order valence-corrected chi connectivity index (χ3v) is 5.11. The van der Waals surface area contributed by atoms with Gasteiger partial charge in [-0.2, -0.15) is 5.10 Å². The van der Waals surface area contributed by atoms with Gasteiger partial charge < -0.3 is 10.2 Å². The second-order valence-electron chi connectivity index (χ2n) is 7.48. The number of fused-ring (bicyclic) bond motifs is 1. The maximum absolute atomic E-state index is 13.4. The number of hydrogen-bond acceptors (Lipinski definition) is 4. The SMILES string of the molecule is Cc1cc(C)n(Cc2cccc(C(=O)N3CC(C)C(=O)Nc4ccncc43)c2)n1. The maximum Gasteiger partial charge on any atom is 0.258 e. The van der Waals surface area contributed by atoms with Crippen LogP contribution in [0.2, 0.25) is 0 Å². The molecule has 1 aliphatic rings. The van der Waals surface area contributed by atoms with Crippen LogP contribution in [0.1, 0.15) is 34.2 Å². The number of carbonyl (C=O) groups is 2. The molecule has 3 aromatic rings. The first-order valence-corrected chi connectivity index (χ1v) is 9.59. The molecule has 1 aliphatic heterocycles. The zero-order valence-corrected chi connectivity index (χ0v) is 16.7. The predicted octanol–water partition coefficient (Wildman–Crippen LogP) is 3.18. The monoisotopic (exact) mass is 389 g/mol. The third-order valence-electron chi connectivity index (χ3n) is 5.11. The first-order valence-electron chi connectivity index (χ1n) is 9.59. The van der Waals surface area contributed by atoms with Crippen LogP contribution in [0.4, 0.5) is 11.4 Å². The Hall–Kier alpha value is -3.48. The van der Waals surface area contributed by atoms with Crippen LogP contribution in [0.5, 0.6) is 0 Å². The number of pyridine rings is 1. The molecule has 1 aromatic carbocycles. The molecule has 2 amide bonds. The smallest absolute Gasteiger partial charge is 0.258 e. The van der Waals surface area contributed by atoms with Crippen molar-refractivity contribution in [3.8, 4) is 0 Å². The normalized spacial score (nSPS) is 16.2. The Kier molecular flexibility index (Phi) is 4.88. The highest BCUT2D eigenvalue weighted by atomic mass is 16.2. The number of anilines is 2. The summed E-state index contributed by atoms with van der Waals surface area (Å²) in [6, 6.07) is 11.3. The highest BCUT2D eigenvalue weighted by Crippen LogP contribution is 2.30. The van der Waals surface area contributed by atoms with Gasteiger partial charge in [0.25, 0.3) is 5.91 Å². The van der Waals surface area contributed by atoms with Crippen molar-refractivity contribution in [2.45, 2.75) is 27.3 Å². The van der Waals surface area contributed by atoms with Crippen molar-refractivity contribution >= 4 is 23.2 Å². The summed E-state index contributed by atoms with van der Waals surface area (Å²) in [6.07, 6.45) is 3.22. The van der Waals surface area contributed by atoms with Gasteiger partial charge in [-0.1, -0.05) is 19.1 Å². The number of hydrogen-bond donors (Lipinski definition) is 1. The van der Waals surface area contributed by atoms with Crippen molar-refractivity contribution in [2.24, 2.45) is 5.92 Å². The van der Waals surface area contributed by atoms with E-state index in [2.05, 4.69) is 15.4 Å². The number of benzene rings is 1. The standard InChI is InChI=1S/C22H23N5O2/c1-14-12-26(20-11-23-8-7-19(20)24-21(14)28)22(29)18-6-4-5-17(10-18)13-27-16(3)9-15(2)25-27/h4-11,14H,12-13H2,1-3H3,(H,24,28). The summed E-state index contributed by atoms with van der Waals surface area (Å²) < 4.78 is 1.93. The number of amides is 2. The van der Waals surface area contributed by atoms with E-state index < -0.39 is 0 Å². The lowest BCUT2D eigenvalue weighted by Gasteiger charge is -2.23. The molecule has 1 atom stereocenters. The lowest BCUT2D eigenvalue weighted by Crippen LogP contribution is -2.36. The molecule has 7 heteroatoms. The Labute approximate surface area is 169 Å². The summed E-state index contributed by atoms with van der Waals surface area (Å²) in [6.45, 7) is 6.68. The van der Waals surface area contributed by atoms with Crippen molar-refractivity contribution in [2.75, 3.05) is 16.8 Å². The van der Waals surface area contributed by atoms with Crippen LogP contribution in [-0.4, -0.2) is 33.1 Å². The van der Waals surface area contributed by atoms with Gasteiger partial charge in [0.15, 0.2) is 0 Å². The molecule has 2 aromatic heterocycles. The summed E-state index contributed by atoms with van der Waals surface area (Å²) in [5.41, 5.74) is 4.81. The minimum absolute atomic E-state index is 0.106. The van der Waals surface area contributed by atoms with E-state index in [1.807, 2.05) is 49.7 Å². The van der Waals surface area contributed by atoms with Crippen LogP contribution in [0, 0.1) is 19.8 Å². The number of carbonyl (C=O) groups excluding carboxylic acids is 2. The maximum atomic E-state index is 13.4. The van der Waals surface area contributed by atoms with Gasteiger partial charge in [-0.25, -0.2) is 0 Å². The zero-order chi connectivity index (χ0) is 20.5. The van der Waals surface area contributed by atoms with Gasteiger partial charge in [0.2, 0.25) is 5.91 Å². The van der Waals surface area contributed by atoms with Crippen molar-refractivity contribution in [3.05, 3.63) is 71.3 Å². The van der Waals surface area contributed by atoms with E-state index in [0.29, 0.717) is 30.0 Å². The molecule has 0 saturated heterocycles. The number of rotatable bonds is 3. The van der Waals surface area contributed by atoms with Gasteiger partial charge >= 0.3 is 0 Å². The molecule has 0 aliphatic carbocycles. The van der Waals surface area contributed by atoms with E-state index in [4.69, 9.17) is 0 Å². The first-order chi connectivity index (χ1) is 13.9. The Morgan fingerprint density at radius 2 is 2.07 bits per heavy atom. The number of nitrogens with one attached hydrogen (secondary N) is 1. The fourth-order valence-corrected chi connectivity index (χ4v) is 3.58. The Morgan fingerprint density at radius 1 is 1.24 bits per heavy atom. The van der Waals surface area contributed by atoms with Gasteiger partial charge in [-0.05, 0) is 43.7 Å². The summed E-state index contributed by atoms with van der Waals surface area (Å²) >= 11 is 0. The average molecular weight is 389 g/mol. The van der Waals surface area contributed by atoms with Crippen LogP contribution in [0.15, 0.2) is 48.8 Å². The lowest BCUT2D eigenvalue weighted by atomic mass is 10.1. The molecule has 1 unspecified atom stereocenters. The van der Waals surface area contributed by atoms with E-state index in [-0.39, 0.29) is 17.7 Å². The Balaban J connectivity index is 1.66. The van der Waals surface area contributed by atoms with Crippen LogP contribution in [0.25, 0.3) is 0 Å². The molecule has 0 bridgehead atoms. The molecule has 148 valence electrons. The zero-order valence-electron chi connectivity index (χ0n) is 16.7. The summed E-state index contributed by atoms with van der Waals surface area (Å²) in [5, 5.41) is 7.37. The minimum atomic E-state index is -0.329. The molecule has 4 rings (SSSR count). The quantitative estimate of drug-likeness (QED) is 0.746. The Bertz CT molecular complexity index is 1090. The van der Waals surface area contributed by atoms with Crippen molar-refractivity contribution < 1.29 is 9.59 Å². The van der Waals surface area contributed by atoms with Crippen LogP contribution in [0.3, 0.4) is 0 Å². The molecular formula is C22H23N5O2. The second kappa shape index (κ2) is 7.50. The van der Waals surface area contributed by atoms with E-state index in [0.717, 1.165) is 17.0 Å². The van der Waals surface area contributed by atoms with Crippen molar-refractivity contribution in [1.29, 1.82) is 0 Å². The van der Waals surface area contributed by atoms with Gasteiger partial charge in [-0.15, -0.1) is 0 Å². The molecule has 3 heterocycles. The van der Waals surface area contributed by atoms with E-state index >= 15 is 0 Å². The fraction of sp³-hybridized carbons (Fsp3) is 0.273. The van der Waals surface area contributed by atoms with Gasteiger partial charge in [0.05, 0.1) is 35.7 Å². The van der Waals surface area contributed by atoms with Gasteiger partial charge in [0.1, 0.15) is 0 Å². The molecule has 0 radical (unpaired) electrons. The minimum Gasteiger partial charge on any atom is -0.324 e. The molecular weight excluding hydrogens is 366 g/mol. The second-order valence-corrected chi connectivity index (χ2v) is 7.48. The van der Waals surface area contributed by atoms with Crippen LogP contribution < -0.4 is 10.2 Å². The van der Waals surface area contributed by atoms with Gasteiger partial charge in [0, 0.05) is 24.0 Å².